The van der Waals surface area contributed by atoms with E-state index in [-0.39, 0.29) is 17.5 Å². The topological polar surface area (TPSA) is 109 Å². The molecule has 2 rings (SSSR count). The fraction of sp³-hybridized carbons (Fsp3) is 0.125. The number of carbonyl (C=O) groups excluding carboxylic acids is 1. The first-order valence-corrected chi connectivity index (χ1v) is 4.29. The normalized spacial score (nSPS) is 10.1. The summed E-state index contributed by atoms with van der Waals surface area (Å²) in [5.41, 5.74) is 5.73. The van der Waals surface area contributed by atoms with Gasteiger partial charge in [-0.15, -0.1) is 5.10 Å². The van der Waals surface area contributed by atoms with Gasteiger partial charge in [-0.05, 0) is 0 Å². The summed E-state index contributed by atoms with van der Waals surface area (Å²) < 4.78 is 5.86. The lowest BCUT2D eigenvalue weighted by Crippen LogP contribution is -2.09. The number of imidazole rings is 1. The number of nitrogen functional groups attached to an aromatic ring is 1. The first-order valence-electron chi connectivity index (χ1n) is 4.29. The van der Waals surface area contributed by atoms with E-state index in [1.807, 2.05) is 0 Å². The molecule has 8 nitrogen and oxygen atoms in total. The Balaban J connectivity index is 2.45. The smallest absolute Gasteiger partial charge is 0.360 e. The van der Waals surface area contributed by atoms with Gasteiger partial charge >= 0.3 is 5.97 Å². The van der Waals surface area contributed by atoms with Gasteiger partial charge in [0.1, 0.15) is 12.1 Å². The van der Waals surface area contributed by atoms with Gasteiger partial charge in [-0.25, -0.2) is 14.8 Å². The van der Waals surface area contributed by atoms with Crippen LogP contribution in [0.4, 0.5) is 5.82 Å². The van der Waals surface area contributed by atoms with Crippen molar-refractivity contribution < 1.29 is 9.53 Å². The lowest BCUT2D eigenvalue weighted by atomic mass is 10.4. The molecule has 0 fully saturated rings. The minimum atomic E-state index is -0.611. The van der Waals surface area contributed by atoms with Crippen LogP contribution in [0.1, 0.15) is 10.5 Å². The number of hydrogen-bond acceptors (Lipinski definition) is 7. The Bertz CT molecular complexity index is 509. The van der Waals surface area contributed by atoms with Gasteiger partial charge in [0.05, 0.1) is 19.5 Å². The van der Waals surface area contributed by atoms with Crippen LogP contribution in [0.25, 0.3) is 5.95 Å². The Labute approximate surface area is 90.1 Å². The second kappa shape index (κ2) is 3.93. The molecule has 2 aromatic rings. The Kier molecular flexibility index (Phi) is 2.46. The summed E-state index contributed by atoms with van der Waals surface area (Å²) in [6, 6.07) is 0. The molecule has 0 radical (unpaired) electrons. The van der Waals surface area contributed by atoms with E-state index in [0.29, 0.717) is 0 Å². The minimum absolute atomic E-state index is 0.0231. The first-order chi connectivity index (χ1) is 7.74. The third kappa shape index (κ3) is 1.56. The lowest BCUT2D eigenvalue weighted by Gasteiger charge is -2.01. The number of aromatic nitrogens is 5. The zero-order valence-corrected chi connectivity index (χ0v) is 8.36. The van der Waals surface area contributed by atoms with Crippen molar-refractivity contribution in [2.45, 2.75) is 0 Å². The number of carbonyl (C=O) groups is 1. The third-order valence-corrected chi connectivity index (χ3v) is 1.87. The van der Waals surface area contributed by atoms with Gasteiger partial charge in [-0.3, -0.25) is 4.57 Å². The van der Waals surface area contributed by atoms with E-state index in [0.717, 1.165) is 0 Å². The monoisotopic (exact) mass is 220 g/mol. The summed E-state index contributed by atoms with van der Waals surface area (Å²) in [7, 11) is 1.25. The molecule has 0 amide bonds. The highest BCUT2D eigenvalue weighted by molar-refractivity contribution is 5.92. The molecule has 2 heterocycles. The summed E-state index contributed by atoms with van der Waals surface area (Å²) in [5.74, 6) is -0.261. The maximum absolute atomic E-state index is 11.2. The van der Waals surface area contributed by atoms with E-state index in [1.54, 1.807) is 0 Å². The molecule has 0 saturated heterocycles. The molecule has 82 valence electrons. The number of rotatable bonds is 2. The van der Waals surface area contributed by atoms with E-state index in [4.69, 9.17) is 5.73 Å². The van der Waals surface area contributed by atoms with E-state index < -0.39 is 5.97 Å². The zero-order valence-electron chi connectivity index (χ0n) is 8.36. The highest BCUT2D eigenvalue weighted by Crippen LogP contribution is 2.13. The van der Waals surface area contributed by atoms with E-state index >= 15 is 0 Å². The molecule has 0 atom stereocenters. The van der Waals surface area contributed by atoms with Gasteiger partial charge < -0.3 is 10.5 Å². The van der Waals surface area contributed by atoms with Gasteiger partial charge in [-0.2, -0.15) is 5.10 Å². The molecule has 0 aliphatic rings. The predicted molar refractivity (Wildman–Crippen MR) is 52.7 cm³/mol. The number of nitrogens with two attached hydrogens (primary N) is 1. The maximum Gasteiger partial charge on any atom is 0.360 e. The molecule has 16 heavy (non-hydrogen) atoms. The summed E-state index contributed by atoms with van der Waals surface area (Å²) >= 11 is 0. The van der Waals surface area contributed by atoms with Crippen LogP contribution in [-0.2, 0) is 4.74 Å². The fourth-order valence-corrected chi connectivity index (χ4v) is 1.12. The van der Waals surface area contributed by atoms with Crippen molar-refractivity contribution in [2.24, 2.45) is 0 Å². The van der Waals surface area contributed by atoms with Crippen molar-refractivity contribution in [3.8, 4) is 5.95 Å². The average Bonchev–Trinajstić information content (AvgIpc) is 2.71. The summed E-state index contributed by atoms with van der Waals surface area (Å²) in [4.78, 5) is 19.0. The third-order valence-electron chi connectivity index (χ3n) is 1.87. The number of methoxy groups -OCH3 is 1. The lowest BCUT2D eigenvalue weighted by molar-refractivity contribution is 0.0596. The first kappa shape index (κ1) is 10.0. The van der Waals surface area contributed by atoms with Crippen molar-refractivity contribution in [2.75, 3.05) is 12.8 Å². The average molecular weight is 220 g/mol. The summed E-state index contributed by atoms with van der Waals surface area (Å²) in [6.07, 6.45) is 4.22. The predicted octanol–water partition coefficient (Wildman–Crippen LogP) is -0.574. The molecule has 0 unspecified atom stereocenters. The Hall–Kier alpha value is -2.51. The van der Waals surface area contributed by atoms with Crippen LogP contribution in [0.5, 0.6) is 0 Å². The standard InChI is InChI=1S/C8H8N6O2/c1-16-7(15)5-6(9)14(4-11-5)8-10-2-3-12-13-8/h2-4H,9H2,1H3. The molecule has 0 aromatic carbocycles. The zero-order chi connectivity index (χ0) is 11.5. The summed E-state index contributed by atoms with van der Waals surface area (Å²) in [6.45, 7) is 0. The van der Waals surface area contributed by atoms with Gasteiger partial charge in [-0.1, -0.05) is 0 Å². The van der Waals surface area contributed by atoms with Crippen LogP contribution in [0.3, 0.4) is 0 Å². The van der Waals surface area contributed by atoms with E-state index in [2.05, 4.69) is 24.9 Å². The molecule has 2 aromatic heterocycles. The number of nitrogens with zero attached hydrogens (tertiary/aromatic N) is 5. The van der Waals surface area contributed by atoms with E-state index in [1.165, 1.54) is 30.4 Å². The minimum Gasteiger partial charge on any atom is -0.464 e. The molecule has 8 heteroatoms. The molecule has 0 bridgehead atoms. The summed E-state index contributed by atoms with van der Waals surface area (Å²) in [5, 5.41) is 7.38. The SMILES string of the molecule is COC(=O)c1ncn(-c2nccnn2)c1N. The molecule has 0 aliphatic carbocycles. The molecular formula is C8H8N6O2. The van der Waals surface area contributed by atoms with Crippen molar-refractivity contribution in [1.82, 2.24) is 24.7 Å². The van der Waals surface area contributed by atoms with Crippen molar-refractivity contribution in [3.05, 3.63) is 24.4 Å². The largest absolute Gasteiger partial charge is 0.464 e. The van der Waals surface area contributed by atoms with Gasteiger partial charge in [0.25, 0.3) is 5.95 Å². The number of esters is 1. The van der Waals surface area contributed by atoms with Gasteiger partial charge in [0, 0.05) is 0 Å². The molecule has 0 saturated carbocycles. The van der Waals surface area contributed by atoms with Crippen molar-refractivity contribution in [3.63, 3.8) is 0 Å². The Morgan fingerprint density at radius 3 is 2.88 bits per heavy atom. The fourth-order valence-electron chi connectivity index (χ4n) is 1.12. The molecule has 0 spiro atoms. The highest BCUT2D eigenvalue weighted by Gasteiger charge is 2.17. The van der Waals surface area contributed by atoms with Crippen molar-refractivity contribution in [1.29, 1.82) is 0 Å². The van der Waals surface area contributed by atoms with Gasteiger partial charge in [0.2, 0.25) is 0 Å². The second-order valence-electron chi connectivity index (χ2n) is 2.78. The van der Waals surface area contributed by atoms with Crippen LogP contribution in [0, 0.1) is 0 Å². The van der Waals surface area contributed by atoms with Crippen molar-refractivity contribution >= 4 is 11.8 Å². The number of ether oxygens (including phenoxy) is 1. The maximum atomic E-state index is 11.2. The van der Waals surface area contributed by atoms with Crippen LogP contribution in [-0.4, -0.2) is 37.8 Å². The number of hydrogen-bond donors (Lipinski definition) is 1. The molecule has 0 aliphatic heterocycles. The Morgan fingerprint density at radius 2 is 2.25 bits per heavy atom. The second-order valence-corrected chi connectivity index (χ2v) is 2.78. The van der Waals surface area contributed by atoms with Gasteiger partial charge in [0.15, 0.2) is 5.69 Å². The number of anilines is 1. The quantitative estimate of drug-likeness (QED) is 0.674. The van der Waals surface area contributed by atoms with Crippen LogP contribution in [0.15, 0.2) is 18.7 Å². The van der Waals surface area contributed by atoms with E-state index in [9.17, 15) is 4.79 Å². The van der Waals surface area contributed by atoms with Crippen LogP contribution < -0.4 is 5.73 Å². The molecular weight excluding hydrogens is 212 g/mol. The molecule has 2 N–H and O–H groups in total. The Morgan fingerprint density at radius 1 is 1.44 bits per heavy atom. The van der Waals surface area contributed by atoms with Crippen LogP contribution >= 0.6 is 0 Å². The highest BCUT2D eigenvalue weighted by atomic mass is 16.5. The van der Waals surface area contributed by atoms with Crippen LogP contribution in [0.2, 0.25) is 0 Å².